The molecule has 0 aliphatic carbocycles. The molecule has 0 bridgehead atoms. The number of rotatable bonds is 6. The Kier molecular flexibility index (Phi) is 5.48. The highest BCUT2D eigenvalue weighted by Gasteiger charge is 2.27. The van der Waals surface area contributed by atoms with Crippen LogP contribution < -0.4 is 5.32 Å². The Hall–Kier alpha value is -1.89. The van der Waals surface area contributed by atoms with Crippen molar-refractivity contribution in [3.8, 4) is 0 Å². The van der Waals surface area contributed by atoms with Gasteiger partial charge in [0.2, 0.25) is 0 Å². The number of carbonyl (C=O) groups excluding carboxylic acids is 1. The van der Waals surface area contributed by atoms with E-state index < -0.39 is 33.0 Å². The van der Waals surface area contributed by atoms with Crippen LogP contribution in [-0.4, -0.2) is 36.7 Å². The van der Waals surface area contributed by atoms with Crippen molar-refractivity contribution in [2.75, 3.05) is 0 Å². The van der Waals surface area contributed by atoms with E-state index in [4.69, 9.17) is 5.11 Å². The van der Waals surface area contributed by atoms with E-state index in [-0.39, 0.29) is 16.9 Å². The Morgan fingerprint density at radius 3 is 2.29 bits per heavy atom. The van der Waals surface area contributed by atoms with Crippen LogP contribution in [0.4, 0.5) is 0 Å². The van der Waals surface area contributed by atoms with Gasteiger partial charge >= 0.3 is 5.97 Å². The van der Waals surface area contributed by atoms with E-state index in [2.05, 4.69) is 5.32 Å². The van der Waals surface area contributed by atoms with Gasteiger partial charge in [-0.2, -0.15) is 0 Å². The molecule has 6 nitrogen and oxygen atoms in total. The van der Waals surface area contributed by atoms with E-state index in [0.717, 1.165) is 0 Å². The van der Waals surface area contributed by atoms with Crippen LogP contribution in [0.1, 0.15) is 37.6 Å². The van der Waals surface area contributed by atoms with Gasteiger partial charge in [-0.25, -0.2) is 13.2 Å². The molecule has 0 aromatic heterocycles. The lowest BCUT2D eigenvalue weighted by atomic mass is 10.1. The monoisotopic (exact) mass is 313 g/mol. The minimum atomic E-state index is -3.62. The van der Waals surface area contributed by atoms with Gasteiger partial charge in [-0.05, 0) is 32.4 Å². The van der Waals surface area contributed by atoms with Gasteiger partial charge in [0.25, 0.3) is 5.91 Å². The average molecular weight is 313 g/mol. The molecule has 1 amide bonds. The molecule has 21 heavy (non-hydrogen) atoms. The number of sulfone groups is 1. The Balaban J connectivity index is 3.21. The lowest BCUT2D eigenvalue weighted by Gasteiger charge is -2.15. The van der Waals surface area contributed by atoms with Gasteiger partial charge in [0, 0.05) is 0 Å². The maximum Gasteiger partial charge on any atom is 0.326 e. The second kappa shape index (κ2) is 6.71. The summed E-state index contributed by atoms with van der Waals surface area (Å²) < 4.78 is 24.5. The number of hydrogen-bond donors (Lipinski definition) is 2. The molecule has 0 fully saturated rings. The smallest absolute Gasteiger partial charge is 0.326 e. The summed E-state index contributed by atoms with van der Waals surface area (Å²) in [5.41, 5.74) is -0.0362. The van der Waals surface area contributed by atoms with Gasteiger partial charge in [-0.1, -0.05) is 19.1 Å². The van der Waals surface area contributed by atoms with Gasteiger partial charge in [-0.3, -0.25) is 4.79 Å². The van der Waals surface area contributed by atoms with E-state index in [1.807, 2.05) is 0 Å². The van der Waals surface area contributed by atoms with E-state index in [1.165, 1.54) is 38.1 Å². The first-order valence-corrected chi connectivity index (χ1v) is 8.13. The Bertz CT molecular complexity index is 637. The van der Waals surface area contributed by atoms with Gasteiger partial charge in [0.15, 0.2) is 9.84 Å². The normalized spacial score (nSPS) is 13.0. The van der Waals surface area contributed by atoms with Crippen LogP contribution in [0.5, 0.6) is 0 Å². The van der Waals surface area contributed by atoms with Crippen LogP contribution in [0.2, 0.25) is 0 Å². The van der Waals surface area contributed by atoms with Gasteiger partial charge in [0.1, 0.15) is 6.04 Å². The number of hydrogen-bond acceptors (Lipinski definition) is 4. The van der Waals surface area contributed by atoms with Gasteiger partial charge in [0.05, 0.1) is 15.7 Å². The molecule has 0 saturated carbocycles. The van der Waals surface area contributed by atoms with E-state index in [9.17, 15) is 18.0 Å². The lowest BCUT2D eigenvalue weighted by molar-refractivity contribution is -0.139. The maximum absolute atomic E-state index is 12.3. The van der Waals surface area contributed by atoms with E-state index in [0.29, 0.717) is 0 Å². The fourth-order valence-electron chi connectivity index (χ4n) is 1.73. The predicted octanol–water partition coefficient (Wildman–Crippen LogP) is 1.46. The van der Waals surface area contributed by atoms with Crippen molar-refractivity contribution < 1.29 is 23.1 Å². The van der Waals surface area contributed by atoms with Crippen molar-refractivity contribution in [2.24, 2.45) is 0 Å². The first-order chi connectivity index (χ1) is 9.71. The fourth-order valence-corrected chi connectivity index (χ4v) is 2.97. The van der Waals surface area contributed by atoms with E-state index >= 15 is 0 Å². The average Bonchev–Trinajstić information content (AvgIpc) is 2.43. The Morgan fingerprint density at radius 2 is 1.81 bits per heavy atom. The molecule has 7 heteroatoms. The zero-order chi connectivity index (χ0) is 16.2. The van der Waals surface area contributed by atoms with Crippen LogP contribution in [0.3, 0.4) is 0 Å². The molecule has 1 unspecified atom stereocenters. The summed E-state index contributed by atoms with van der Waals surface area (Å²) in [6.07, 6.45) is 0.209. The van der Waals surface area contributed by atoms with Crippen molar-refractivity contribution in [3.05, 3.63) is 29.8 Å². The molecule has 0 saturated heterocycles. The van der Waals surface area contributed by atoms with Crippen molar-refractivity contribution >= 4 is 21.7 Å². The predicted molar refractivity (Wildman–Crippen MR) is 77.9 cm³/mol. The van der Waals surface area contributed by atoms with E-state index in [1.54, 1.807) is 6.92 Å². The standard InChI is InChI=1S/C14H19NO5S/c1-4-11(14(17)18)15-13(16)10-7-5-6-8-12(10)21(19,20)9(2)3/h5-9,11H,4H2,1-3H3,(H,15,16)(H,17,18). The Labute approximate surface area is 124 Å². The lowest BCUT2D eigenvalue weighted by Crippen LogP contribution is -2.40. The summed E-state index contributed by atoms with van der Waals surface area (Å²) in [7, 11) is -3.62. The third-order valence-electron chi connectivity index (χ3n) is 3.07. The zero-order valence-corrected chi connectivity index (χ0v) is 13.0. The molecule has 2 N–H and O–H groups in total. The highest BCUT2D eigenvalue weighted by atomic mass is 32.2. The molecule has 1 aromatic rings. The minimum absolute atomic E-state index is 0.0362. The second-order valence-corrected chi connectivity index (χ2v) is 7.34. The summed E-state index contributed by atoms with van der Waals surface area (Å²) in [6.45, 7) is 4.67. The van der Waals surface area contributed by atoms with Crippen molar-refractivity contribution in [1.29, 1.82) is 0 Å². The molecule has 1 atom stereocenters. The maximum atomic E-state index is 12.3. The number of carboxylic acids is 1. The molecule has 0 spiro atoms. The highest BCUT2D eigenvalue weighted by Crippen LogP contribution is 2.20. The molecular formula is C14H19NO5S. The molecule has 1 aromatic carbocycles. The SMILES string of the molecule is CCC(NC(=O)c1ccccc1S(=O)(=O)C(C)C)C(=O)O. The molecule has 116 valence electrons. The summed E-state index contributed by atoms with van der Waals surface area (Å²) in [4.78, 5) is 23.0. The zero-order valence-electron chi connectivity index (χ0n) is 12.2. The first kappa shape index (κ1) is 17.2. The first-order valence-electron chi connectivity index (χ1n) is 6.58. The van der Waals surface area contributed by atoms with Crippen LogP contribution in [0, 0.1) is 0 Å². The second-order valence-electron chi connectivity index (χ2n) is 4.86. The minimum Gasteiger partial charge on any atom is -0.480 e. The molecule has 1 rings (SSSR count). The molecule has 0 heterocycles. The van der Waals surface area contributed by atoms with Gasteiger partial charge < -0.3 is 10.4 Å². The van der Waals surface area contributed by atoms with Crippen molar-refractivity contribution in [2.45, 2.75) is 43.4 Å². The largest absolute Gasteiger partial charge is 0.480 e. The van der Waals surface area contributed by atoms with Crippen molar-refractivity contribution in [3.63, 3.8) is 0 Å². The number of carbonyl (C=O) groups is 2. The molecule has 0 radical (unpaired) electrons. The molecule has 0 aliphatic heterocycles. The summed E-state index contributed by atoms with van der Waals surface area (Å²) >= 11 is 0. The third-order valence-corrected chi connectivity index (χ3v) is 5.28. The summed E-state index contributed by atoms with van der Waals surface area (Å²) in [5, 5.41) is 10.6. The number of amides is 1. The topological polar surface area (TPSA) is 101 Å². The summed E-state index contributed by atoms with van der Waals surface area (Å²) in [6, 6.07) is 4.74. The highest BCUT2D eigenvalue weighted by molar-refractivity contribution is 7.92. The van der Waals surface area contributed by atoms with Gasteiger partial charge in [-0.15, -0.1) is 0 Å². The third kappa shape index (κ3) is 3.81. The fraction of sp³-hybridized carbons (Fsp3) is 0.429. The number of nitrogens with one attached hydrogen (secondary N) is 1. The summed E-state index contributed by atoms with van der Waals surface area (Å²) in [5.74, 6) is -1.86. The molecular weight excluding hydrogens is 294 g/mol. The number of benzene rings is 1. The van der Waals surface area contributed by atoms with Crippen LogP contribution in [-0.2, 0) is 14.6 Å². The quantitative estimate of drug-likeness (QED) is 0.828. The van der Waals surface area contributed by atoms with Crippen LogP contribution >= 0.6 is 0 Å². The molecule has 0 aliphatic rings. The van der Waals surface area contributed by atoms with Crippen LogP contribution in [0.25, 0.3) is 0 Å². The van der Waals surface area contributed by atoms with Crippen LogP contribution in [0.15, 0.2) is 29.2 Å². The number of carboxylic acid groups (broad SMARTS) is 1. The Morgan fingerprint density at radius 1 is 1.24 bits per heavy atom. The number of aliphatic carboxylic acids is 1. The van der Waals surface area contributed by atoms with Crippen molar-refractivity contribution in [1.82, 2.24) is 5.32 Å².